The molecule has 0 spiro atoms. The van der Waals surface area contributed by atoms with Gasteiger partial charge >= 0.3 is 0 Å². The normalized spacial score (nSPS) is 11.1. The molecule has 0 aliphatic rings. The van der Waals surface area contributed by atoms with Crippen LogP contribution in [0.5, 0.6) is 5.75 Å². The van der Waals surface area contributed by atoms with Crippen LogP contribution in [0.25, 0.3) is 0 Å². The molecule has 0 amide bonds. The number of rotatable bonds is 6. The van der Waals surface area contributed by atoms with Gasteiger partial charge in [-0.3, -0.25) is 4.90 Å². The van der Waals surface area contributed by atoms with E-state index in [-0.39, 0.29) is 11.6 Å². The van der Waals surface area contributed by atoms with Crippen LogP contribution in [0.2, 0.25) is 0 Å². The summed E-state index contributed by atoms with van der Waals surface area (Å²) in [5, 5.41) is 7.87. The first-order valence-corrected chi connectivity index (χ1v) is 6.44. The summed E-state index contributed by atoms with van der Waals surface area (Å²) in [5.41, 5.74) is 0.862. The molecule has 6 heteroatoms. The van der Waals surface area contributed by atoms with E-state index >= 15 is 0 Å². The zero-order chi connectivity index (χ0) is 14.5. The lowest BCUT2D eigenvalue weighted by molar-refractivity contribution is 0.277. The summed E-state index contributed by atoms with van der Waals surface area (Å²) >= 11 is 0. The maximum atomic E-state index is 13.6. The summed E-state index contributed by atoms with van der Waals surface area (Å²) in [7, 11) is 3.36. The van der Waals surface area contributed by atoms with Crippen molar-refractivity contribution in [3.05, 3.63) is 41.4 Å². The highest BCUT2D eigenvalue weighted by Crippen LogP contribution is 2.18. The van der Waals surface area contributed by atoms with E-state index in [0.29, 0.717) is 24.9 Å². The average molecular weight is 279 g/mol. The second kappa shape index (κ2) is 6.47. The van der Waals surface area contributed by atoms with E-state index in [4.69, 9.17) is 9.15 Å². The van der Waals surface area contributed by atoms with Crippen molar-refractivity contribution in [1.29, 1.82) is 0 Å². The molecular formula is C14H18FN3O2. The zero-order valence-electron chi connectivity index (χ0n) is 11.9. The molecule has 20 heavy (non-hydrogen) atoms. The Kier molecular flexibility index (Phi) is 4.68. The molecule has 2 rings (SSSR count). The van der Waals surface area contributed by atoms with Crippen molar-refractivity contribution >= 4 is 0 Å². The van der Waals surface area contributed by atoms with Gasteiger partial charge in [0.15, 0.2) is 11.6 Å². The summed E-state index contributed by atoms with van der Waals surface area (Å²) in [6, 6.07) is 4.94. The quantitative estimate of drug-likeness (QED) is 0.812. The van der Waals surface area contributed by atoms with E-state index in [0.717, 1.165) is 12.0 Å². The van der Waals surface area contributed by atoms with E-state index in [1.54, 1.807) is 6.07 Å². The van der Waals surface area contributed by atoms with Gasteiger partial charge in [-0.1, -0.05) is 13.0 Å². The molecule has 2 aromatic rings. The molecule has 0 aliphatic carbocycles. The Morgan fingerprint density at radius 1 is 1.25 bits per heavy atom. The zero-order valence-corrected chi connectivity index (χ0v) is 11.9. The minimum absolute atomic E-state index is 0.251. The maximum Gasteiger partial charge on any atom is 0.230 e. The monoisotopic (exact) mass is 279 g/mol. The Morgan fingerprint density at radius 2 is 2.00 bits per heavy atom. The molecule has 1 heterocycles. The van der Waals surface area contributed by atoms with Crippen LogP contribution < -0.4 is 4.74 Å². The number of aromatic nitrogens is 2. The van der Waals surface area contributed by atoms with Crippen LogP contribution in [-0.2, 0) is 19.5 Å². The molecule has 0 saturated heterocycles. The summed E-state index contributed by atoms with van der Waals surface area (Å²) in [4.78, 5) is 1.98. The van der Waals surface area contributed by atoms with Crippen molar-refractivity contribution in [1.82, 2.24) is 15.1 Å². The fourth-order valence-electron chi connectivity index (χ4n) is 1.90. The molecule has 1 aromatic carbocycles. The molecule has 0 atom stereocenters. The molecular weight excluding hydrogens is 261 g/mol. The molecule has 0 saturated carbocycles. The number of ether oxygens (including phenoxy) is 1. The molecule has 0 aliphatic heterocycles. The predicted octanol–water partition coefficient (Wildman–Crippen LogP) is 2.41. The largest absolute Gasteiger partial charge is 0.494 e. The first-order valence-electron chi connectivity index (χ1n) is 6.44. The fourth-order valence-corrected chi connectivity index (χ4v) is 1.90. The molecule has 0 fully saturated rings. The first-order chi connectivity index (χ1) is 9.62. The SMILES string of the molecule is CCc1nnc(CN(C)Cc2ccc(OC)c(F)c2)o1. The Morgan fingerprint density at radius 3 is 2.60 bits per heavy atom. The molecule has 1 aromatic heterocycles. The third kappa shape index (κ3) is 3.54. The number of hydrogen-bond acceptors (Lipinski definition) is 5. The average Bonchev–Trinajstić information content (AvgIpc) is 2.86. The highest BCUT2D eigenvalue weighted by molar-refractivity contribution is 5.29. The third-order valence-electron chi connectivity index (χ3n) is 2.89. The summed E-state index contributed by atoms with van der Waals surface area (Å²) < 4.78 is 23.9. The van der Waals surface area contributed by atoms with Gasteiger partial charge in [-0.05, 0) is 24.7 Å². The lowest BCUT2D eigenvalue weighted by Crippen LogP contribution is -2.17. The van der Waals surface area contributed by atoms with Gasteiger partial charge in [0, 0.05) is 13.0 Å². The number of halogens is 1. The summed E-state index contributed by atoms with van der Waals surface area (Å²) in [6.07, 6.45) is 0.723. The molecule has 0 unspecified atom stereocenters. The highest BCUT2D eigenvalue weighted by Gasteiger charge is 2.10. The minimum Gasteiger partial charge on any atom is -0.494 e. The van der Waals surface area contributed by atoms with Gasteiger partial charge in [-0.15, -0.1) is 10.2 Å². The molecule has 5 nitrogen and oxygen atoms in total. The smallest absolute Gasteiger partial charge is 0.230 e. The lowest BCUT2D eigenvalue weighted by Gasteiger charge is -2.14. The van der Waals surface area contributed by atoms with Crippen LogP contribution in [0.15, 0.2) is 22.6 Å². The second-order valence-electron chi connectivity index (χ2n) is 4.58. The fraction of sp³-hybridized carbons (Fsp3) is 0.429. The highest BCUT2D eigenvalue weighted by atomic mass is 19.1. The summed E-state index contributed by atoms with van der Waals surface area (Å²) in [6.45, 7) is 3.08. The molecule has 108 valence electrons. The van der Waals surface area contributed by atoms with E-state index < -0.39 is 0 Å². The van der Waals surface area contributed by atoms with Crippen LogP contribution in [0.3, 0.4) is 0 Å². The number of benzene rings is 1. The van der Waals surface area contributed by atoms with Crippen molar-refractivity contribution in [3.63, 3.8) is 0 Å². The van der Waals surface area contributed by atoms with E-state index in [2.05, 4.69) is 10.2 Å². The van der Waals surface area contributed by atoms with Crippen molar-refractivity contribution in [2.75, 3.05) is 14.2 Å². The minimum atomic E-state index is -0.357. The van der Waals surface area contributed by atoms with Gasteiger partial charge in [0.25, 0.3) is 0 Å². The topological polar surface area (TPSA) is 51.4 Å². The van der Waals surface area contributed by atoms with E-state index in [1.165, 1.54) is 13.2 Å². The molecule has 0 radical (unpaired) electrons. The van der Waals surface area contributed by atoms with Crippen molar-refractivity contribution in [2.45, 2.75) is 26.4 Å². The number of nitrogens with zero attached hydrogens (tertiary/aromatic N) is 3. The van der Waals surface area contributed by atoms with Gasteiger partial charge in [0.1, 0.15) is 0 Å². The standard InChI is InChI=1S/C14H18FN3O2/c1-4-13-16-17-14(20-13)9-18(2)8-10-5-6-12(19-3)11(15)7-10/h5-7H,4,8-9H2,1-3H3. The van der Waals surface area contributed by atoms with Gasteiger partial charge < -0.3 is 9.15 Å². The van der Waals surface area contributed by atoms with E-state index in [1.807, 2.05) is 24.9 Å². The Hall–Kier alpha value is -1.95. The third-order valence-corrected chi connectivity index (χ3v) is 2.89. The van der Waals surface area contributed by atoms with Crippen LogP contribution in [0.1, 0.15) is 24.3 Å². The second-order valence-corrected chi connectivity index (χ2v) is 4.58. The molecule has 0 N–H and O–H groups in total. The van der Waals surface area contributed by atoms with Crippen LogP contribution in [0.4, 0.5) is 4.39 Å². The Labute approximate surface area is 117 Å². The Bertz CT molecular complexity index is 571. The van der Waals surface area contributed by atoms with Crippen LogP contribution >= 0.6 is 0 Å². The van der Waals surface area contributed by atoms with Crippen molar-refractivity contribution in [3.8, 4) is 5.75 Å². The van der Waals surface area contributed by atoms with Gasteiger partial charge in [0.2, 0.25) is 11.8 Å². The van der Waals surface area contributed by atoms with Crippen molar-refractivity contribution in [2.24, 2.45) is 0 Å². The Balaban J connectivity index is 1.97. The molecule has 0 bridgehead atoms. The van der Waals surface area contributed by atoms with E-state index in [9.17, 15) is 4.39 Å². The number of methoxy groups -OCH3 is 1. The summed E-state index contributed by atoms with van der Waals surface area (Å²) in [5.74, 6) is 1.09. The maximum absolute atomic E-state index is 13.6. The number of aryl methyl sites for hydroxylation is 1. The van der Waals surface area contributed by atoms with Gasteiger partial charge in [-0.2, -0.15) is 0 Å². The van der Waals surface area contributed by atoms with Gasteiger partial charge in [0.05, 0.1) is 13.7 Å². The first kappa shape index (κ1) is 14.5. The van der Waals surface area contributed by atoms with Crippen molar-refractivity contribution < 1.29 is 13.5 Å². The van der Waals surface area contributed by atoms with Crippen LogP contribution in [-0.4, -0.2) is 29.3 Å². The predicted molar refractivity (Wildman–Crippen MR) is 71.8 cm³/mol. The number of hydrogen-bond donors (Lipinski definition) is 0. The van der Waals surface area contributed by atoms with Gasteiger partial charge in [-0.25, -0.2) is 4.39 Å². The van der Waals surface area contributed by atoms with Crippen LogP contribution in [0, 0.1) is 5.82 Å². The lowest BCUT2D eigenvalue weighted by atomic mass is 10.2.